The van der Waals surface area contributed by atoms with Crippen LogP contribution in [0.3, 0.4) is 0 Å². The molecular formula is C15H24S. The van der Waals surface area contributed by atoms with Crippen molar-refractivity contribution in [2.75, 3.05) is 0 Å². The molecule has 0 amide bonds. The number of rotatable bonds is 5. The summed E-state index contributed by atoms with van der Waals surface area (Å²) in [6.07, 6.45) is 12.9. The van der Waals surface area contributed by atoms with Crippen LogP contribution in [0.25, 0.3) is 0 Å². The zero-order valence-corrected chi connectivity index (χ0v) is 11.3. The topological polar surface area (TPSA) is 0 Å². The largest absolute Gasteiger partial charge is 0.145 e. The molecule has 0 nitrogen and oxygen atoms in total. The van der Waals surface area contributed by atoms with Crippen molar-refractivity contribution in [2.45, 2.75) is 64.7 Å². The molecule has 0 saturated heterocycles. The molecular weight excluding hydrogens is 212 g/mol. The molecule has 1 aromatic heterocycles. The zero-order chi connectivity index (χ0) is 11.2. The molecule has 1 aromatic rings. The van der Waals surface area contributed by atoms with Crippen LogP contribution >= 0.6 is 11.3 Å². The van der Waals surface area contributed by atoms with Crippen molar-refractivity contribution >= 4 is 11.3 Å². The van der Waals surface area contributed by atoms with E-state index in [1.54, 1.807) is 9.75 Å². The lowest BCUT2D eigenvalue weighted by atomic mass is 9.86. The Morgan fingerprint density at radius 3 is 2.56 bits per heavy atom. The van der Waals surface area contributed by atoms with Crippen LogP contribution in [0.1, 0.15) is 61.6 Å². The normalized spacial score (nSPS) is 17.8. The SMILES string of the molecule is CCc1ccc(CCCC2CCCCC2)s1. The molecule has 0 bridgehead atoms. The van der Waals surface area contributed by atoms with Crippen molar-refractivity contribution < 1.29 is 0 Å². The van der Waals surface area contributed by atoms with E-state index < -0.39 is 0 Å². The summed E-state index contributed by atoms with van der Waals surface area (Å²) in [6.45, 7) is 2.25. The van der Waals surface area contributed by atoms with Gasteiger partial charge in [0.1, 0.15) is 0 Å². The molecule has 1 heterocycles. The molecule has 1 fully saturated rings. The van der Waals surface area contributed by atoms with Gasteiger partial charge in [-0.3, -0.25) is 0 Å². The number of thiophene rings is 1. The first-order valence-corrected chi connectivity index (χ1v) is 7.77. The molecule has 0 atom stereocenters. The first-order chi connectivity index (χ1) is 7.88. The molecule has 90 valence electrons. The summed E-state index contributed by atoms with van der Waals surface area (Å²) < 4.78 is 0. The highest BCUT2D eigenvalue weighted by atomic mass is 32.1. The number of hydrogen-bond acceptors (Lipinski definition) is 1. The highest BCUT2D eigenvalue weighted by Crippen LogP contribution is 2.28. The summed E-state index contributed by atoms with van der Waals surface area (Å²) in [5, 5.41) is 0. The molecule has 0 N–H and O–H groups in total. The lowest BCUT2D eigenvalue weighted by Crippen LogP contribution is -2.06. The van der Waals surface area contributed by atoms with Crippen molar-refractivity contribution in [1.82, 2.24) is 0 Å². The molecule has 1 aliphatic carbocycles. The summed E-state index contributed by atoms with van der Waals surface area (Å²) >= 11 is 2.02. The van der Waals surface area contributed by atoms with Gasteiger partial charge >= 0.3 is 0 Å². The lowest BCUT2D eigenvalue weighted by molar-refractivity contribution is 0.333. The van der Waals surface area contributed by atoms with Gasteiger partial charge in [-0.15, -0.1) is 11.3 Å². The molecule has 2 rings (SSSR count). The maximum Gasteiger partial charge on any atom is 0.00481 e. The van der Waals surface area contributed by atoms with Gasteiger partial charge in [-0.2, -0.15) is 0 Å². The van der Waals surface area contributed by atoms with E-state index in [-0.39, 0.29) is 0 Å². The molecule has 0 aliphatic heterocycles. The van der Waals surface area contributed by atoms with Gasteiger partial charge < -0.3 is 0 Å². The highest BCUT2D eigenvalue weighted by Gasteiger charge is 2.12. The zero-order valence-electron chi connectivity index (χ0n) is 10.5. The predicted molar refractivity (Wildman–Crippen MR) is 73.2 cm³/mol. The lowest BCUT2D eigenvalue weighted by Gasteiger charge is -2.21. The van der Waals surface area contributed by atoms with Crippen molar-refractivity contribution in [2.24, 2.45) is 5.92 Å². The molecule has 1 saturated carbocycles. The predicted octanol–water partition coefficient (Wildman–Crippen LogP) is 5.21. The van der Waals surface area contributed by atoms with Gasteiger partial charge in [-0.25, -0.2) is 0 Å². The van der Waals surface area contributed by atoms with E-state index in [4.69, 9.17) is 0 Å². The molecule has 16 heavy (non-hydrogen) atoms. The van der Waals surface area contributed by atoms with Crippen LogP contribution in [0, 0.1) is 5.92 Å². The van der Waals surface area contributed by atoms with Gasteiger partial charge in [-0.1, -0.05) is 45.4 Å². The fourth-order valence-electron chi connectivity index (χ4n) is 2.79. The summed E-state index contributed by atoms with van der Waals surface area (Å²) in [5.74, 6) is 1.05. The Morgan fingerprint density at radius 1 is 1.12 bits per heavy atom. The van der Waals surface area contributed by atoms with E-state index >= 15 is 0 Å². The van der Waals surface area contributed by atoms with Crippen LogP contribution in [-0.2, 0) is 12.8 Å². The summed E-state index contributed by atoms with van der Waals surface area (Å²) in [6, 6.07) is 4.64. The van der Waals surface area contributed by atoms with Gasteiger partial charge in [0.25, 0.3) is 0 Å². The van der Waals surface area contributed by atoms with E-state index in [0.29, 0.717) is 0 Å². The second-order valence-electron chi connectivity index (χ2n) is 5.12. The number of hydrogen-bond donors (Lipinski definition) is 0. The first-order valence-electron chi connectivity index (χ1n) is 6.96. The Labute approximate surface area is 104 Å². The summed E-state index contributed by atoms with van der Waals surface area (Å²) in [7, 11) is 0. The smallest absolute Gasteiger partial charge is 0.00481 e. The van der Waals surface area contributed by atoms with E-state index in [1.165, 1.54) is 57.8 Å². The molecule has 0 spiro atoms. The van der Waals surface area contributed by atoms with Crippen LogP contribution in [0.2, 0.25) is 0 Å². The average Bonchev–Trinajstić information content (AvgIpc) is 2.78. The molecule has 0 radical (unpaired) electrons. The van der Waals surface area contributed by atoms with Gasteiger partial charge in [0, 0.05) is 9.75 Å². The van der Waals surface area contributed by atoms with Crippen LogP contribution in [0.15, 0.2) is 12.1 Å². The van der Waals surface area contributed by atoms with Crippen LogP contribution in [0.5, 0.6) is 0 Å². The third kappa shape index (κ3) is 3.62. The quantitative estimate of drug-likeness (QED) is 0.658. The minimum atomic E-state index is 1.05. The maximum atomic E-state index is 2.34. The standard InChI is InChI=1S/C15H24S/c1-2-14-11-12-15(16-14)10-6-9-13-7-4-3-5-8-13/h11-13H,2-10H2,1H3. The third-order valence-electron chi connectivity index (χ3n) is 3.83. The third-order valence-corrected chi connectivity index (χ3v) is 5.12. The molecule has 1 heteroatoms. The Bertz CT molecular complexity index is 294. The van der Waals surface area contributed by atoms with Crippen LogP contribution < -0.4 is 0 Å². The van der Waals surface area contributed by atoms with Crippen LogP contribution in [0.4, 0.5) is 0 Å². The highest BCUT2D eigenvalue weighted by molar-refractivity contribution is 7.11. The second-order valence-corrected chi connectivity index (χ2v) is 6.37. The van der Waals surface area contributed by atoms with E-state index in [1.807, 2.05) is 11.3 Å². The van der Waals surface area contributed by atoms with E-state index in [2.05, 4.69) is 19.1 Å². The average molecular weight is 236 g/mol. The Kier molecular flexibility index (Phi) is 4.90. The van der Waals surface area contributed by atoms with Crippen molar-refractivity contribution in [3.63, 3.8) is 0 Å². The van der Waals surface area contributed by atoms with Crippen molar-refractivity contribution in [3.8, 4) is 0 Å². The summed E-state index contributed by atoms with van der Waals surface area (Å²) in [4.78, 5) is 3.15. The van der Waals surface area contributed by atoms with Gasteiger partial charge in [0.05, 0.1) is 0 Å². The van der Waals surface area contributed by atoms with Gasteiger partial charge in [-0.05, 0) is 37.3 Å². The monoisotopic (exact) mass is 236 g/mol. The minimum absolute atomic E-state index is 1.05. The molecule has 0 aromatic carbocycles. The van der Waals surface area contributed by atoms with E-state index in [9.17, 15) is 0 Å². The Hall–Kier alpha value is -0.300. The molecule has 1 aliphatic rings. The minimum Gasteiger partial charge on any atom is -0.145 e. The fourth-order valence-corrected chi connectivity index (χ4v) is 3.79. The second kappa shape index (κ2) is 6.44. The number of aryl methyl sites for hydroxylation is 2. The van der Waals surface area contributed by atoms with Gasteiger partial charge in [0.2, 0.25) is 0 Å². The first kappa shape index (κ1) is 12.2. The summed E-state index contributed by atoms with van der Waals surface area (Å²) in [5.41, 5.74) is 0. The van der Waals surface area contributed by atoms with E-state index in [0.717, 1.165) is 5.92 Å². The Balaban J connectivity index is 1.66. The fraction of sp³-hybridized carbons (Fsp3) is 0.733. The van der Waals surface area contributed by atoms with Crippen LogP contribution in [-0.4, -0.2) is 0 Å². The van der Waals surface area contributed by atoms with Crippen molar-refractivity contribution in [1.29, 1.82) is 0 Å². The Morgan fingerprint density at radius 2 is 1.88 bits per heavy atom. The molecule has 0 unspecified atom stereocenters. The maximum absolute atomic E-state index is 2.34. The van der Waals surface area contributed by atoms with Crippen molar-refractivity contribution in [3.05, 3.63) is 21.9 Å². The van der Waals surface area contributed by atoms with Gasteiger partial charge in [0.15, 0.2) is 0 Å².